The fourth-order valence-electron chi connectivity index (χ4n) is 2.98. The lowest BCUT2D eigenvalue weighted by atomic mass is 10.1. The molecule has 5 nitrogen and oxygen atoms in total. The summed E-state index contributed by atoms with van der Waals surface area (Å²) in [6, 6.07) is 0.117. The maximum Gasteiger partial charge on any atom is 0.0788 e. The van der Waals surface area contributed by atoms with Crippen LogP contribution in [0.15, 0.2) is 0 Å². The highest BCUT2D eigenvalue weighted by molar-refractivity contribution is 4.71. The third kappa shape index (κ3) is 14.2. The van der Waals surface area contributed by atoms with Crippen LogP contribution in [0.1, 0.15) is 71.6 Å². The van der Waals surface area contributed by atoms with E-state index < -0.39 is 6.10 Å². The zero-order valence-electron chi connectivity index (χ0n) is 16.0. The van der Waals surface area contributed by atoms with E-state index in [1.54, 1.807) is 0 Å². The smallest absolute Gasteiger partial charge is 0.0788 e. The highest BCUT2D eigenvalue weighted by Crippen LogP contribution is 2.09. The highest BCUT2D eigenvalue weighted by atomic mass is 16.5. The normalized spacial score (nSPS) is 14.2. The minimum Gasteiger partial charge on any atom is -0.395 e. The summed E-state index contributed by atoms with van der Waals surface area (Å²) in [5, 5.41) is 28.1. The summed E-state index contributed by atoms with van der Waals surface area (Å²) in [5.41, 5.74) is 0. The van der Waals surface area contributed by atoms with Gasteiger partial charge in [0.2, 0.25) is 0 Å². The number of ether oxygens (including phenoxy) is 1. The molecule has 24 heavy (non-hydrogen) atoms. The molecule has 5 heteroatoms. The Labute approximate surface area is 149 Å². The maximum atomic E-state index is 10.1. The largest absolute Gasteiger partial charge is 0.395 e. The van der Waals surface area contributed by atoms with E-state index in [1.807, 2.05) is 11.8 Å². The summed E-state index contributed by atoms with van der Waals surface area (Å²) < 4.78 is 5.57. The van der Waals surface area contributed by atoms with Crippen LogP contribution in [0.5, 0.6) is 0 Å². The molecular formula is C19H41NO4. The Balaban J connectivity index is 3.55. The van der Waals surface area contributed by atoms with Crippen molar-refractivity contribution in [1.29, 1.82) is 0 Å². The van der Waals surface area contributed by atoms with Crippen LogP contribution in [0, 0.1) is 0 Å². The van der Waals surface area contributed by atoms with E-state index in [9.17, 15) is 5.11 Å². The number of unbranched alkanes of at least 4 members (excludes halogenated alkanes) is 7. The molecule has 0 heterocycles. The molecule has 0 aromatic heterocycles. The molecule has 0 bridgehead atoms. The first kappa shape index (κ1) is 23.8. The minimum absolute atomic E-state index is 0.0649. The monoisotopic (exact) mass is 347 g/mol. The van der Waals surface area contributed by atoms with Gasteiger partial charge in [0.05, 0.1) is 25.9 Å². The Bertz CT molecular complexity index is 248. The molecule has 3 N–H and O–H groups in total. The first-order valence-electron chi connectivity index (χ1n) is 9.87. The molecule has 2 atom stereocenters. The summed E-state index contributed by atoms with van der Waals surface area (Å²) in [5.74, 6) is 0. The second kappa shape index (κ2) is 17.6. The topological polar surface area (TPSA) is 73.2 Å². The Morgan fingerprint density at radius 1 is 0.875 bits per heavy atom. The van der Waals surface area contributed by atoms with Crippen LogP contribution >= 0.6 is 0 Å². The summed E-state index contributed by atoms with van der Waals surface area (Å²) >= 11 is 0. The van der Waals surface area contributed by atoms with Crippen LogP contribution in [0.4, 0.5) is 0 Å². The second-order valence-corrected chi connectivity index (χ2v) is 6.77. The van der Waals surface area contributed by atoms with Crippen molar-refractivity contribution in [2.75, 3.05) is 39.5 Å². The van der Waals surface area contributed by atoms with Gasteiger partial charge in [-0.3, -0.25) is 4.90 Å². The Kier molecular flexibility index (Phi) is 17.5. The lowest BCUT2D eigenvalue weighted by Gasteiger charge is -2.29. The third-order valence-electron chi connectivity index (χ3n) is 4.46. The molecular weight excluding hydrogens is 306 g/mol. The van der Waals surface area contributed by atoms with Crippen molar-refractivity contribution in [1.82, 2.24) is 4.90 Å². The van der Waals surface area contributed by atoms with Gasteiger partial charge in [-0.1, -0.05) is 51.9 Å². The molecule has 0 aliphatic rings. The molecule has 146 valence electrons. The number of nitrogens with zero attached hydrogens (tertiary/aromatic N) is 1. The quantitative estimate of drug-likeness (QED) is 0.332. The van der Waals surface area contributed by atoms with E-state index in [0.29, 0.717) is 26.1 Å². The average molecular weight is 348 g/mol. The molecule has 0 aliphatic heterocycles. The maximum absolute atomic E-state index is 10.1. The second-order valence-electron chi connectivity index (χ2n) is 6.77. The van der Waals surface area contributed by atoms with E-state index in [4.69, 9.17) is 14.9 Å². The first-order chi connectivity index (χ1) is 11.7. The molecule has 0 aromatic carbocycles. The van der Waals surface area contributed by atoms with Crippen molar-refractivity contribution in [2.24, 2.45) is 0 Å². The number of hydrogen-bond acceptors (Lipinski definition) is 5. The summed E-state index contributed by atoms with van der Waals surface area (Å²) in [6.45, 7) is 6.51. The van der Waals surface area contributed by atoms with Crippen molar-refractivity contribution in [3.63, 3.8) is 0 Å². The Morgan fingerprint density at radius 3 is 1.96 bits per heavy atom. The fourth-order valence-corrected chi connectivity index (χ4v) is 2.98. The molecule has 0 amide bonds. The van der Waals surface area contributed by atoms with Crippen molar-refractivity contribution in [3.8, 4) is 0 Å². The van der Waals surface area contributed by atoms with Crippen LogP contribution in [-0.4, -0.2) is 71.9 Å². The van der Waals surface area contributed by atoms with Gasteiger partial charge in [-0.05, 0) is 19.8 Å². The highest BCUT2D eigenvalue weighted by Gasteiger charge is 2.17. The zero-order valence-corrected chi connectivity index (χ0v) is 16.0. The molecule has 0 saturated carbocycles. The molecule has 0 radical (unpaired) electrons. The molecule has 0 aliphatic carbocycles. The van der Waals surface area contributed by atoms with Crippen molar-refractivity contribution in [2.45, 2.75) is 83.8 Å². The van der Waals surface area contributed by atoms with Gasteiger partial charge in [0.25, 0.3) is 0 Å². The van der Waals surface area contributed by atoms with E-state index in [2.05, 4.69) is 6.92 Å². The van der Waals surface area contributed by atoms with Crippen LogP contribution in [0.3, 0.4) is 0 Å². The summed E-state index contributed by atoms with van der Waals surface area (Å²) in [4.78, 5) is 1.99. The average Bonchev–Trinajstić information content (AvgIpc) is 2.56. The van der Waals surface area contributed by atoms with E-state index in [0.717, 1.165) is 13.0 Å². The standard InChI is InChI=1S/C19H41NO4/c1-3-4-5-6-7-8-9-10-15-24-17-19(23)16-18(2)20(11-13-21)12-14-22/h18-19,21-23H,3-17H2,1-2H3. The summed E-state index contributed by atoms with van der Waals surface area (Å²) in [6.07, 6.45) is 10.3. The van der Waals surface area contributed by atoms with Crippen molar-refractivity contribution < 1.29 is 20.1 Å². The van der Waals surface area contributed by atoms with Gasteiger partial charge >= 0.3 is 0 Å². The van der Waals surface area contributed by atoms with Gasteiger partial charge in [-0.15, -0.1) is 0 Å². The van der Waals surface area contributed by atoms with E-state index in [-0.39, 0.29) is 19.3 Å². The molecule has 0 fully saturated rings. The van der Waals surface area contributed by atoms with Crippen LogP contribution in [0.2, 0.25) is 0 Å². The van der Waals surface area contributed by atoms with Gasteiger partial charge in [0, 0.05) is 25.7 Å². The number of hydrogen-bond donors (Lipinski definition) is 3. The predicted octanol–water partition coefficient (Wildman–Crippen LogP) is 2.57. The van der Waals surface area contributed by atoms with Crippen molar-refractivity contribution in [3.05, 3.63) is 0 Å². The van der Waals surface area contributed by atoms with E-state index >= 15 is 0 Å². The molecule has 0 saturated heterocycles. The Morgan fingerprint density at radius 2 is 1.42 bits per heavy atom. The predicted molar refractivity (Wildman–Crippen MR) is 99.3 cm³/mol. The van der Waals surface area contributed by atoms with Crippen LogP contribution in [-0.2, 0) is 4.74 Å². The van der Waals surface area contributed by atoms with Gasteiger partial charge in [0.15, 0.2) is 0 Å². The van der Waals surface area contributed by atoms with Gasteiger partial charge in [-0.2, -0.15) is 0 Å². The molecule has 2 unspecified atom stereocenters. The zero-order chi connectivity index (χ0) is 18.0. The fraction of sp³-hybridized carbons (Fsp3) is 1.00. The Hall–Kier alpha value is -0.200. The van der Waals surface area contributed by atoms with Gasteiger partial charge < -0.3 is 20.1 Å². The van der Waals surface area contributed by atoms with Gasteiger partial charge in [-0.25, -0.2) is 0 Å². The van der Waals surface area contributed by atoms with E-state index in [1.165, 1.54) is 44.9 Å². The molecule has 0 aromatic rings. The van der Waals surface area contributed by atoms with Crippen LogP contribution in [0.25, 0.3) is 0 Å². The first-order valence-corrected chi connectivity index (χ1v) is 9.87. The van der Waals surface area contributed by atoms with Crippen LogP contribution < -0.4 is 0 Å². The molecule has 0 rings (SSSR count). The molecule has 0 spiro atoms. The summed E-state index contributed by atoms with van der Waals surface area (Å²) in [7, 11) is 0. The number of aliphatic hydroxyl groups is 3. The minimum atomic E-state index is -0.492. The number of rotatable bonds is 18. The SMILES string of the molecule is CCCCCCCCCCOCC(O)CC(C)N(CCO)CCO. The van der Waals surface area contributed by atoms with Gasteiger partial charge in [0.1, 0.15) is 0 Å². The number of aliphatic hydroxyl groups excluding tert-OH is 3. The lowest BCUT2D eigenvalue weighted by Crippen LogP contribution is -2.40. The third-order valence-corrected chi connectivity index (χ3v) is 4.46. The van der Waals surface area contributed by atoms with Crippen molar-refractivity contribution >= 4 is 0 Å². The lowest BCUT2D eigenvalue weighted by molar-refractivity contribution is 0.0127.